The summed E-state index contributed by atoms with van der Waals surface area (Å²) in [6.45, 7) is 22.2. The van der Waals surface area contributed by atoms with Gasteiger partial charge in [-0.3, -0.25) is 19.3 Å². The van der Waals surface area contributed by atoms with Crippen LogP contribution < -0.4 is 0 Å². The van der Waals surface area contributed by atoms with Crippen LogP contribution in [0.15, 0.2) is 28.0 Å². The normalized spacial score (nSPS) is 36.4. The molecule has 4 saturated carbocycles. The topological polar surface area (TPSA) is 133 Å². The molecule has 0 spiro atoms. The molecule has 1 heterocycles. The average Bonchev–Trinajstić information content (AvgIpc) is 3.70. The molecular weight excluding hydrogens is 695 g/mol. The van der Waals surface area contributed by atoms with Crippen LogP contribution in [-0.2, 0) is 25.7 Å². The SMILES string of the molecule is CC(C)C1=C2[C@H]3CC[C@@H]4[C@@]5(C)CC[C@H](OC(=O)CC(C)(C)C(=O)O)C(C)(C)[C@@H]5CC[C@@]4(C)[C@]3(C)CC[C@@]2([C@@H](O)CN(CCN(C)C)Cc2ncco2)CC1=O. The largest absolute Gasteiger partial charge is 0.481 e. The van der Waals surface area contributed by atoms with Gasteiger partial charge in [0.25, 0.3) is 0 Å². The second-order valence-corrected chi connectivity index (χ2v) is 21.0. The number of carbonyl (C=O) groups is 3. The minimum absolute atomic E-state index is 0.0345. The lowest BCUT2D eigenvalue weighted by atomic mass is 9.33. The number of ether oxygens (including phenoxy) is 1. The van der Waals surface area contributed by atoms with Crippen molar-refractivity contribution in [2.75, 3.05) is 33.7 Å². The average molecular weight is 766 g/mol. The number of hydrogen-bond acceptors (Lipinski definition) is 9. The van der Waals surface area contributed by atoms with Crippen molar-refractivity contribution in [2.45, 2.75) is 145 Å². The molecule has 0 aromatic carbocycles. The van der Waals surface area contributed by atoms with Crippen LogP contribution in [0, 0.1) is 56.2 Å². The van der Waals surface area contributed by atoms with E-state index < -0.39 is 28.9 Å². The number of ketones is 1. The van der Waals surface area contributed by atoms with Gasteiger partial charge < -0.3 is 24.3 Å². The first-order valence-electron chi connectivity index (χ1n) is 21.2. The number of aliphatic hydroxyl groups excluding tert-OH is 1. The van der Waals surface area contributed by atoms with Gasteiger partial charge >= 0.3 is 11.9 Å². The molecule has 6 rings (SSSR count). The van der Waals surface area contributed by atoms with Gasteiger partial charge in [-0.2, -0.15) is 0 Å². The van der Waals surface area contributed by atoms with Crippen LogP contribution in [0.1, 0.15) is 132 Å². The molecule has 5 aliphatic rings. The Labute approximate surface area is 330 Å². The van der Waals surface area contributed by atoms with Crippen molar-refractivity contribution < 1.29 is 33.8 Å². The molecule has 55 heavy (non-hydrogen) atoms. The molecule has 0 aliphatic heterocycles. The molecular formula is C45H71N3O7. The van der Waals surface area contributed by atoms with Crippen LogP contribution in [0.5, 0.6) is 0 Å². The summed E-state index contributed by atoms with van der Waals surface area (Å²) >= 11 is 0. The third-order valence-corrected chi connectivity index (χ3v) is 16.6. The number of carboxylic acids is 1. The van der Waals surface area contributed by atoms with E-state index in [-0.39, 0.29) is 51.8 Å². The maximum atomic E-state index is 14.2. The third kappa shape index (κ3) is 6.96. The molecule has 10 heteroatoms. The highest BCUT2D eigenvalue weighted by Crippen LogP contribution is 2.77. The molecule has 0 bridgehead atoms. The lowest BCUT2D eigenvalue weighted by Gasteiger charge is -2.72. The van der Waals surface area contributed by atoms with E-state index in [0.717, 1.165) is 70.0 Å². The number of oxazole rings is 1. The lowest BCUT2D eigenvalue weighted by Crippen LogP contribution is -2.66. The van der Waals surface area contributed by atoms with Crippen molar-refractivity contribution in [3.8, 4) is 0 Å². The summed E-state index contributed by atoms with van der Waals surface area (Å²) in [4.78, 5) is 47.9. The van der Waals surface area contributed by atoms with Crippen molar-refractivity contribution >= 4 is 17.7 Å². The number of allylic oxidation sites excluding steroid dienone is 1. The Morgan fingerprint density at radius 3 is 2.31 bits per heavy atom. The Hall–Kier alpha value is -2.56. The fourth-order valence-corrected chi connectivity index (χ4v) is 13.4. The maximum absolute atomic E-state index is 14.2. The molecule has 1 aromatic rings. The number of aliphatic carboxylic acids is 1. The molecule has 1 aromatic heterocycles. The lowest BCUT2D eigenvalue weighted by molar-refractivity contribution is -0.235. The molecule has 4 fully saturated rings. The number of esters is 1. The monoisotopic (exact) mass is 766 g/mol. The third-order valence-electron chi connectivity index (χ3n) is 16.6. The molecule has 9 atom stereocenters. The van der Waals surface area contributed by atoms with Gasteiger partial charge in [0, 0.05) is 36.9 Å². The Morgan fingerprint density at radius 1 is 0.982 bits per heavy atom. The molecule has 0 radical (unpaired) electrons. The van der Waals surface area contributed by atoms with Gasteiger partial charge in [0.05, 0.1) is 30.7 Å². The predicted octanol–water partition coefficient (Wildman–Crippen LogP) is 7.79. The van der Waals surface area contributed by atoms with Crippen LogP contribution in [0.4, 0.5) is 0 Å². The first-order chi connectivity index (χ1) is 25.5. The van der Waals surface area contributed by atoms with Crippen molar-refractivity contribution in [3.63, 3.8) is 0 Å². The fraction of sp³-hybridized carbons (Fsp3) is 0.822. The second-order valence-electron chi connectivity index (χ2n) is 21.0. The van der Waals surface area contributed by atoms with Crippen molar-refractivity contribution in [1.29, 1.82) is 0 Å². The summed E-state index contributed by atoms with van der Waals surface area (Å²) in [6.07, 6.45) is 10.3. The molecule has 10 nitrogen and oxygen atoms in total. The summed E-state index contributed by atoms with van der Waals surface area (Å²) in [5.74, 6) is 0.598. The number of carbonyl (C=O) groups excluding carboxylic acids is 2. The fourth-order valence-electron chi connectivity index (χ4n) is 13.4. The number of Topliss-reactive ketones (excluding diaryl/α,β-unsaturated/α-hetero) is 1. The molecule has 0 saturated heterocycles. The van der Waals surface area contributed by atoms with E-state index in [1.54, 1.807) is 26.3 Å². The van der Waals surface area contributed by atoms with E-state index in [1.807, 2.05) is 0 Å². The Morgan fingerprint density at radius 2 is 1.69 bits per heavy atom. The standard InChI is InChI=1S/C45H71N3O7/c1-28(2)37-30(49)24-45(33(50)26-48(22-21-47(10)11)27-35-46-20-23-54-35)19-18-43(8)29(38(37)45)12-13-32-42(7)16-15-34(55-36(51)25-40(3,4)39(52)53)41(5,6)31(42)14-17-44(32,43)9/h20,23,28-29,31-34,50H,12-19,21-22,24-27H2,1-11H3,(H,52,53)/t29-,31+,32-,33+,34+,42+,43-,44-,45+/m1/s1. The Balaban J connectivity index is 1.28. The highest BCUT2D eigenvalue weighted by molar-refractivity contribution is 6.00. The quantitative estimate of drug-likeness (QED) is 0.192. The number of nitrogens with zero attached hydrogens (tertiary/aromatic N) is 3. The molecule has 5 aliphatic carbocycles. The van der Waals surface area contributed by atoms with Crippen LogP contribution in [-0.4, -0.2) is 88.7 Å². The van der Waals surface area contributed by atoms with Gasteiger partial charge in [0.15, 0.2) is 5.78 Å². The van der Waals surface area contributed by atoms with Gasteiger partial charge in [-0.1, -0.05) is 54.0 Å². The molecule has 0 unspecified atom stereocenters. The summed E-state index contributed by atoms with van der Waals surface area (Å²) in [5, 5.41) is 22.2. The highest BCUT2D eigenvalue weighted by atomic mass is 16.5. The zero-order valence-electron chi connectivity index (χ0n) is 35.8. The van der Waals surface area contributed by atoms with E-state index in [0.29, 0.717) is 37.2 Å². The van der Waals surface area contributed by atoms with E-state index in [9.17, 15) is 24.6 Å². The maximum Gasteiger partial charge on any atom is 0.309 e. The molecule has 0 amide bonds. The zero-order valence-corrected chi connectivity index (χ0v) is 35.8. The smallest absolute Gasteiger partial charge is 0.309 e. The van der Waals surface area contributed by atoms with E-state index in [4.69, 9.17) is 9.15 Å². The summed E-state index contributed by atoms with van der Waals surface area (Å²) < 4.78 is 11.8. The number of rotatable bonds is 13. The van der Waals surface area contributed by atoms with E-state index in [1.165, 1.54) is 5.57 Å². The summed E-state index contributed by atoms with van der Waals surface area (Å²) in [6, 6.07) is 0. The first-order valence-corrected chi connectivity index (χ1v) is 21.2. The van der Waals surface area contributed by atoms with Crippen LogP contribution in [0.25, 0.3) is 0 Å². The second kappa shape index (κ2) is 14.7. The van der Waals surface area contributed by atoms with Crippen LogP contribution >= 0.6 is 0 Å². The number of likely N-dealkylation sites (N-methyl/N-ethyl adjacent to an activating group) is 1. The number of fused-ring (bicyclic) bond motifs is 7. The Bertz CT molecular complexity index is 1650. The van der Waals surface area contributed by atoms with Gasteiger partial charge in [-0.05, 0) is 125 Å². The predicted molar refractivity (Wildman–Crippen MR) is 212 cm³/mol. The van der Waals surface area contributed by atoms with Gasteiger partial charge in [0.1, 0.15) is 12.4 Å². The number of hydrogen-bond donors (Lipinski definition) is 2. The Kier molecular flexibility index (Phi) is 11.2. The van der Waals surface area contributed by atoms with Gasteiger partial charge in [-0.15, -0.1) is 0 Å². The zero-order chi connectivity index (χ0) is 40.5. The minimum atomic E-state index is -1.17. The number of aromatic nitrogens is 1. The van der Waals surface area contributed by atoms with Crippen molar-refractivity contribution in [2.24, 2.45) is 56.2 Å². The van der Waals surface area contributed by atoms with Crippen LogP contribution in [0.3, 0.4) is 0 Å². The highest BCUT2D eigenvalue weighted by Gasteiger charge is 2.71. The van der Waals surface area contributed by atoms with Gasteiger partial charge in [0.2, 0.25) is 5.89 Å². The van der Waals surface area contributed by atoms with Crippen LogP contribution in [0.2, 0.25) is 0 Å². The molecule has 2 N–H and O–H groups in total. The number of aliphatic hydroxyl groups is 1. The van der Waals surface area contributed by atoms with E-state index >= 15 is 0 Å². The first kappa shape index (κ1) is 42.1. The van der Waals surface area contributed by atoms with E-state index in [2.05, 4.69) is 77.3 Å². The number of carboxylic acid groups (broad SMARTS) is 1. The molecule has 308 valence electrons. The minimum Gasteiger partial charge on any atom is -0.481 e. The van der Waals surface area contributed by atoms with Crippen molar-refractivity contribution in [1.82, 2.24) is 14.8 Å². The summed E-state index contributed by atoms with van der Waals surface area (Å²) in [5.41, 5.74) is 0.320. The van der Waals surface area contributed by atoms with Crippen molar-refractivity contribution in [3.05, 3.63) is 29.5 Å². The van der Waals surface area contributed by atoms with Gasteiger partial charge in [-0.25, -0.2) is 4.98 Å². The summed E-state index contributed by atoms with van der Waals surface area (Å²) in [7, 11) is 4.12.